The second kappa shape index (κ2) is 10.0. The molecule has 3 rings (SSSR count). The molecule has 0 saturated carbocycles. The van der Waals surface area contributed by atoms with Crippen molar-refractivity contribution in [2.75, 3.05) is 33.8 Å². The summed E-state index contributed by atoms with van der Waals surface area (Å²) < 4.78 is 4.60. The number of nitrogens with one attached hydrogen (secondary N) is 1. The number of amides is 2. The van der Waals surface area contributed by atoms with Gasteiger partial charge in [0, 0.05) is 26.7 Å². The number of hydrogen-bond acceptors (Lipinski definition) is 5. The van der Waals surface area contributed by atoms with Crippen LogP contribution in [0.4, 0.5) is 0 Å². The molecule has 0 bridgehead atoms. The third-order valence-electron chi connectivity index (χ3n) is 5.28. The maximum absolute atomic E-state index is 12.5. The molecule has 7 heteroatoms. The highest BCUT2D eigenvalue weighted by Crippen LogP contribution is 2.21. The molecule has 0 aliphatic carbocycles. The summed E-state index contributed by atoms with van der Waals surface area (Å²) >= 11 is 0. The third kappa shape index (κ3) is 5.45. The maximum Gasteiger partial charge on any atom is 0.325 e. The molecule has 1 atom stereocenters. The molecule has 2 aromatic carbocycles. The van der Waals surface area contributed by atoms with Crippen LogP contribution in [-0.2, 0) is 25.7 Å². The van der Waals surface area contributed by atoms with E-state index in [4.69, 9.17) is 0 Å². The number of benzene rings is 2. The van der Waals surface area contributed by atoms with Crippen molar-refractivity contribution in [3.05, 3.63) is 60.2 Å². The predicted octanol–water partition coefficient (Wildman–Crippen LogP) is 1.68. The number of likely N-dealkylation sites (N-methyl/N-ethyl adjacent to an activating group) is 1. The van der Waals surface area contributed by atoms with Crippen LogP contribution < -0.4 is 5.32 Å². The van der Waals surface area contributed by atoms with Crippen molar-refractivity contribution in [3.8, 4) is 11.1 Å². The first-order valence-electron chi connectivity index (χ1n) is 9.95. The average Bonchev–Trinajstić information content (AvgIpc) is 2.77. The van der Waals surface area contributed by atoms with Gasteiger partial charge >= 0.3 is 5.97 Å². The molecule has 1 aliphatic heterocycles. The number of esters is 1. The Bertz CT molecular complexity index is 883. The summed E-state index contributed by atoms with van der Waals surface area (Å²) in [5.74, 6) is -0.928. The van der Waals surface area contributed by atoms with Crippen LogP contribution >= 0.6 is 0 Å². The zero-order valence-corrected chi connectivity index (χ0v) is 17.3. The zero-order valence-electron chi connectivity index (χ0n) is 17.3. The Hall–Kier alpha value is -3.19. The highest BCUT2D eigenvalue weighted by molar-refractivity contribution is 5.90. The SMILES string of the molecule is COC(=O)CN(C)C(=O)CC1C(=O)NCCN1Cc1ccc(-c2ccccc2)cc1. The molecule has 1 heterocycles. The molecular formula is C23H27N3O4. The van der Waals surface area contributed by atoms with E-state index in [1.165, 1.54) is 19.1 Å². The van der Waals surface area contributed by atoms with Crippen molar-refractivity contribution < 1.29 is 19.1 Å². The Kier molecular flexibility index (Phi) is 7.19. The maximum atomic E-state index is 12.5. The largest absolute Gasteiger partial charge is 0.468 e. The normalized spacial score (nSPS) is 16.6. The molecule has 1 fully saturated rings. The number of nitrogens with zero attached hydrogens (tertiary/aromatic N) is 2. The van der Waals surface area contributed by atoms with E-state index < -0.39 is 12.0 Å². The molecule has 1 unspecified atom stereocenters. The zero-order chi connectivity index (χ0) is 21.5. The molecule has 0 spiro atoms. The summed E-state index contributed by atoms with van der Waals surface area (Å²) in [5, 5.41) is 2.83. The molecule has 1 saturated heterocycles. The monoisotopic (exact) mass is 409 g/mol. The second-order valence-electron chi connectivity index (χ2n) is 7.37. The number of carbonyl (C=O) groups excluding carboxylic acids is 3. The fourth-order valence-corrected chi connectivity index (χ4v) is 3.51. The van der Waals surface area contributed by atoms with Crippen LogP contribution in [-0.4, -0.2) is 67.4 Å². The fraction of sp³-hybridized carbons (Fsp3) is 0.348. The van der Waals surface area contributed by atoms with Crippen LogP contribution in [0.15, 0.2) is 54.6 Å². The summed E-state index contributed by atoms with van der Waals surface area (Å²) in [6.45, 7) is 1.64. The van der Waals surface area contributed by atoms with Gasteiger partial charge in [0.25, 0.3) is 0 Å². The van der Waals surface area contributed by atoms with Crippen molar-refractivity contribution in [2.45, 2.75) is 19.0 Å². The summed E-state index contributed by atoms with van der Waals surface area (Å²) in [7, 11) is 2.81. The van der Waals surface area contributed by atoms with Gasteiger partial charge < -0.3 is 15.0 Å². The molecule has 0 aromatic heterocycles. The highest BCUT2D eigenvalue weighted by Gasteiger charge is 2.32. The molecule has 2 aromatic rings. The van der Waals surface area contributed by atoms with Crippen molar-refractivity contribution in [2.24, 2.45) is 0 Å². The van der Waals surface area contributed by atoms with Gasteiger partial charge in [0.05, 0.1) is 19.6 Å². The standard InChI is InChI=1S/C23H27N3O4/c1-25(16-22(28)30-2)21(27)14-20-23(29)24-12-13-26(20)15-17-8-10-19(11-9-17)18-6-4-3-5-7-18/h3-11,20H,12-16H2,1-2H3,(H,24,29). The second-order valence-corrected chi connectivity index (χ2v) is 7.37. The van der Waals surface area contributed by atoms with Gasteiger partial charge in [-0.15, -0.1) is 0 Å². The molecule has 1 N–H and O–H groups in total. The first kappa shape index (κ1) is 21.5. The Morgan fingerprint density at radius 1 is 1.10 bits per heavy atom. The van der Waals surface area contributed by atoms with Gasteiger partial charge in [0.1, 0.15) is 6.54 Å². The van der Waals surface area contributed by atoms with Crippen molar-refractivity contribution in [1.82, 2.24) is 15.1 Å². The van der Waals surface area contributed by atoms with E-state index >= 15 is 0 Å². The Morgan fingerprint density at radius 3 is 2.43 bits per heavy atom. The predicted molar refractivity (Wildman–Crippen MR) is 113 cm³/mol. The van der Waals surface area contributed by atoms with E-state index in [-0.39, 0.29) is 24.8 Å². The number of methoxy groups -OCH3 is 1. The van der Waals surface area contributed by atoms with Crippen molar-refractivity contribution in [1.29, 1.82) is 0 Å². The summed E-state index contributed by atoms with van der Waals surface area (Å²) in [6.07, 6.45) is 0.0153. The lowest BCUT2D eigenvalue weighted by atomic mass is 10.0. The van der Waals surface area contributed by atoms with Crippen LogP contribution in [0.3, 0.4) is 0 Å². The minimum absolute atomic E-state index is 0.0153. The Morgan fingerprint density at radius 2 is 1.77 bits per heavy atom. The topological polar surface area (TPSA) is 78.9 Å². The Labute approximate surface area is 176 Å². The lowest BCUT2D eigenvalue weighted by Crippen LogP contribution is -2.56. The fourth-order valence-electron chi connectivity index (χ4n) is 3.51. The summed E-state index contributed by atoms with van der Waals surface area (Å²) in [5.41, 5.74) is 3.36. The quantitative estimate of drug-likeness (QED) is 0.704. The number of piperazine rings is 1. The van der Waals surface area contributed by atoms with Crippen molar-refractivity contribution >= 4 is 17.8 Å². The summed E-state index contributed by atoms with van der Waals surface area (Å²) in [6, 6.07) is 17.8. The Balaban J connectivity index is 1.66. The van der Waals surface area contributed by atoms with E-state index in [9.17, 15) is 14.4 Å². The molecule has 0 radical (unpaired) electrons. The highest BCUT2D eigenvalue weighted by atomic mass is 16.5. The van der Waals surface area contributed by atoms with Crippen LogP contribution in [0.2, 0.25) is 0 Å². The van der Waals surface area contributed by atoms with E-state index in [0.29, 0.717) is 19.6 Å². The number of carbonyl (C=O) groups is 3. The lowest BCUT2D eigenvalue weighted by molar-refractivity contribution is -0.147. The number of rotatable bonds is 7. The van der Waals surface area contributed by atoms with Gasteiger partial charge in [-0.05, 0) is 16.7 Å². The first-order valence-corrected chi connectivity index (χ1v) is 9.95. The minimum Gasteiger partial charge on any atom is -0.468 e. The van der Waals surface area contributed by atoms with Crippen LogP contribution in [0.1, 0.15) is 12.0 Å². The number of ether oxygens (including phenoxy) is 1. The third-order valence-corrected chi connectivity index (χ3v) is 5.28. The van der Waals surface area contributed by atoms with E-state index in [2.05, 4.69) is 46.5 Å². The van der Waals surface area contributed by atoms with Gasteiger partial charge in [0.2, 0.25) is 11.8 Å². The molecule has 30 heavy (non-hydrogen) atoms. The first-order chi connectivity index (χ1) is 14.5. The van der Waals surface area contributed by atoms with E-state index in [0.717, 1.165) is 16.7 Å². The van der Waals surface area contributed by atoms with Crippen molar-refractivity contribution in [3.63, 3.8) is 0 Å². The van der Waals surface area contributed by atoms with Gasteiger partial charge in [-0.2, -0.15) is 0 Å². The van der Waals surface area contributed by atoms with E-state index in [1.54, 1.807) is 0 Å². The molecule has 7 nitrogen and oxygen atoms in total. The number of hydrogen-bond donors (Lipinski definition) is 1. The van der Waals surface area contributed by atoms with E-state index in [1.807, 2.05) is 23.1 Å². The molecule has 2 amide bonds. The van der Waals surface area contributed by atoms with Gasteiger partial charge in [-0.25, -0.2) is 0 Å². The van der Waals surface area contributed by atoms with Crippen LogP contribution in [0, 0.1) is 0 Å². The van der Waals surface area contributed by atoms with Crippen LogP contribution in [0.25, 0.3) is 11.1 Å². The van der Waals surface area contributed by atoms with Gasteiger partial charge in [0.15, 0.2) is 0 Å². The molecule has 158 valence electrons. The van der Waals surface area contributed by atoms with Gasteiger partial charge in [-0.3, -0.25) is 19.3 Å². The minimum atomic E-state index is -0.569. The smallest absolute Gasteiger partial charge is 0.325 e. The molecule has 1 aliphatic rings. The summed E-state index contributed by atoms with van der Waals surface area (Å²) in [4.78, 5) is 39.7. The van der Waals surface area contributed by atoms with Gasteiger partial charge in [-0.1, -0.05) is 54.6 Å². The van der Waals surface area contributed by atoms with Crippen LogP contribution in [0.5, 0.6) is 0 Å². The molecular weight excluding hydrogens is 382 g/mol. The average molecular weight is 409 g/mol. The lowest BCUT2D eigenvalue weighted by Gasteiger charge is -2.35.